The Balaban J connectivity index is 2.12. The molecule has 0 bridgehead atoms. The molecule has 3 rings (SSSR count). The van der Waals surface area contributed by atoms with Crippen molar-refractivity contribution in [2.75, 3.05) is 5.32 Å². The number of aromatic hydroxyl groups is 1. The van der Waals surface area contributed by atoms with Gasteiger partial charge in [-0.05, 0) is 35.7 Å². The molecule has 1 aliphatic rings. The third-order valence-corrected chi connectivity index (χ3v) is 3.35. The lowest BCUT2D eigenvalue weighted by Gasteiger charge is -2.09. The SMILES string of the molecule is Cc1cccc2c1NC(=O)C2c1ccc(O)cc1. The Labute approximate surface area is 105 Å². The smallest absolute Gasteiger partial charge is 0.236 e. The van der Waals surface area contributed by atoms with Gasteiger partial charge < -0.3 is 10.4 Å². The van der Waals surface area contributed by atoms with Crippen molar-refractivity contribution >= 4 is 11.6 Å². The van der Waals surface area contributed by atoms with E-state index in [1.807, 2.05) is 25.1 Å². The average molecular weight is 239 g/mol. The van der Waals surface area contributed by atoms with Crippen molar-refractivity contribution in [3.8, 4) is 5.75 Å². The van der Waals surface area contributed by atoms with Gasteiger partial charge in [0.05, 0.1) is 5.92 Å². The maximum absolute atomic E-state index is 12.1. The first-order chi connectivity index (χ1) is 8.66. The summed E-state index contributed by atoms with van der Waals surface area (Å²) in [5, 5.41) is 12.2. The van der Waals surface area contributed by atoms with Crippen molar-refractivity contribution in [1.29, 1.82) is 0 Å². The first-order valence-corrected chi connectivity index (χ1v) is 5.86. The largest absolute Gasteiger partial charge is 0.508 e. The second-order valence-corrected chi connectivity index (χ2v) is 4.55. The van der Waals surface area contributed by atoms with Crippen molar-refractivity contribution in [2.24, 2.45) is 0 Å². The van der Waals surface area contributed by atoms with Crippen LogP contribution < -0.4 is 5.32 Å². The molecule has 2 N–H and O–H groups in total. The maximum Gasteiger partial charge on any atom is 0.236 e. The molecule has 1 heterocycles. The molecule has 0 saturated carbocycles. The van der Waals surface area contributed by atoms with Crippen LogP contribution in [0.3, 0.4) is 0 Å². The van der Waals surface area contributed by atoms with Gasteiger partial charge in [0, 0.05) is 5.69 Å². The number of fused-ring (bicyclic) bond motifs is 1. The van der Waals surface area contributed by atoms with Gasteiger partial charge in [0.2, 0.25) is 5.91 Å². The van der Waals surface area contributed by atoms with Crippen LogP contribution in [0.2, 0.25) is 0 Å². The minimum Gasteiger partial charge on any atom is -0.508 e. The number of anilines is 1. The van der Waals surface area contributed by atoms with Gasteiger partial charge >= 0.3 is 0 Å². The molecule has 2 aromatic carbocycles. The molecule has 90 valence electrons. The van der Waals surface area contributed by atoms with Gasteiger partial charge in [-0.3, -0.25) is 4.79 Å². The Kier molecular flexibility index (Phi) is 2.33. The molecule has 0 fully saturated rings. The molecule has 1 unspecified atom stereocenters. The number of rotatable bonds is 1. The van der Waals surface area contributed by atoms with Gasteiger partial charge in [-0.15, -0.1) is 0 Å². The monoisotopic (exact) mass is 239 g/mol. The van der Waals surface area contributed by atoms with Gasteiger partial charge in [-0.25, -0.2) is 0 Å². The summed E-state index contributed by atoms with van der Waals surface area (Å²) in [6, 6.07) is 12.7. The first-order valence-electron chi connectivity index (χ1n) is 5.86. The van der Waals surface area contributed by atoms with E-state index in [1.165, 1.54) is 0 Å². The number of para-hydroxylation sites is 1. The molecule has 0 saturated heterocycles. The van der Waals surface area contributed by atoms with E-state index in [1.54, 1.807) is 24.3 Å². The Hall–Kier alpha value is -2.29. The second-order valence-electron chi connectivity index (χ2n) is 4.55. The summed E-state index contributed by atoms with van der Waals surface area (Å²) >= 11 is 0. The summed E-state index contributed by atoms with van der Waals surface area (Å²) in [7, 11) is 0. The number of hydrogen-bond donors (Lipinski definition) is 2. The highest BCUT2D eigenvalue weighted by molar-refractivity contribution is 6.05. The molecule has 0 spiro atoms. The molecule has 1 atom stereocenters. The van der Waals surface area contributed by atoms with Crippen LogP contribution in [0.15, 0.2) is 42.5 Å². The summed E-state index contributed by atoms with van der Waals surface area (Å²) in [5.74, 6) is -0.0767. The van der Waals surface area contributed by atoms with E-state index in [9.17, 15) is 9.90 Å². The molecule has 0 aliphatic carbocycles. The van der Waals surface area contributed by atoms with Crippen LogP contribution in [0, 0.1) is 6.92 Å². The number of hydrogen-bond acceptors (Lipinski definition) is 2. The summed E-state index contributed by atoms with van der Waals surface area (Å²) in [4.78, 5) is 12.1. The third-order valence-electron chi connectivity index (χ3n) is 3.35. The predicted molar refractivity (Wildman–Crippen MR) is 69.8 cm³/mol. The Morgan fingerprint density at radius 3 is 2.56 bits per heavy atom. The number of amides is 1. The minimum absolute atomic E-state index is 0.00927. The van der Waals surface area contributed by atoms with Crippen LogP contribution >= 0.6 is 0 Å². The van der Waals surface area contributed by atoms with Gasteiger partial charge in [0.25, 0.3) is 0 Å². The van der Waals surface area contributed by atoms with Crippen molar-refractivity contribution < 1.29 is 9.90 Å². The first kappa shape index (κ1) is 10.8. The van der Waals surface area contributed by atoms with Crippen LogP contribution in [0.25, 0.3) is 0 Å². The molecule has 1 amide bonds. The van der Waals surface area contributed by atoms with E-state index in [2.05, 4.69) is 5.32 Å². The van der Waals surface area contributed by atoms with Gasteiger partial charge in [-0.1, -0.05) is 30.3 Å². The Morgan fingerprint density at radius 2 is 1.83 bits per heavy atom. The Morgan fingerprint density at radius 1 is 1.11 bits per heavy atom. The lowest BCUT2D eigenvalue weighted by molar-refractivity contribution is -0.116. The van der Waals surface area contributed by atoms with Gasteiger partial charge in [0.1, 0.15) is 5.75 Å². The molecule has 3 heteroatoms. The maximum atomic E-state index is 12.1. The van der Waals surface area contributed by atoms with E-state index in [0.717, 1.165) is 22.4 Å². The van der Waals surface area contributed by atoms with Crippen molar-refractivity contribution in [1.82, 2.24) is 0 Å². The zero-order chi connectivity index (χ0) is 12.7. The van der Waals surface area contributed by atoms with E-state index < -0.39 is 0 Å². The molecule has 1 aliphatic heterocycles. The molecule has 0 aromatic heterocycles. The highest BCUT2D eigenvalue weighted by Crippen LogP contribution is 2.39. The summed E-state index contributed by atoms with van der Waals surface area (Å²) in [6.45, 7) is 1.98. The van der Waals surface area contributed by atoms with E-state index in [0.29, 0.717) is 0 Å². The van der Waals surface area contributed by atoms with Crippen molar-refractivity contribution in [3.05, 3.63) is 59.2 Å². The number of carbonyl (C=O) groups excluding carboxylic acids is 1. The standard InChI is InChI=1S/C15H13NO2/c1-9-3-2-4-12-13(15(18)16-14(9)12)10-5-7-11(17)8-6-10/h2-8,13,17H,1H3,(H,16,18). The molecule has 3 nitrogen and oxygen atoms in total. The fraction of sp³-hybridized carbons (Fsp3) is 0.133. The number of phenols is 1. The topological polar surface area (TPSA) is 49.3 Å². The predicted octanol–water partition coefficient (Wildman–Crippen LogP) is 2.78. The van der Waals surface area contributed by atoms with E-state index in [-0.39, 0.29) is 17.6 Å². The van der Waals surface area contributed by atoms with Crippen LogP contribution in [0.1, 0.15) is 22.6 Å². The number of aryl methyl sites for hydroxylation is 1. The van der Waals surface area contributed by atoms with Crippen molar-refractivity contribution in [2.45, 2.75) is 12.8 Å². The lowest BCUT2D eigenvalue weighted by atomic mass is 9.92. The molecular formula is C15H13NO2. The molecule has 0 radical (unpaired) electrons. The van der Waals surface area contributed by atoms with Crippen molar-refractivity contribution in [3.63, 3.8) is 0 Å². The molecule has 2 aromatic rings. The number of phenolic OH excluding ortho intramolecular Hbond substituents is 1. The Bertz CT molecular complexity index is 617. The summed E-state index contributed by atoms with van der Waals surface area (Å²) in [6.07, 6.45) is 0. The zero-order valence-corrected chi connectivity index (χ0v) is 9.97. The van der Waals surface area contributed by atoms with Crippen LogP contribution in [0.5, 0.6) is 5.75 Å². The second kappa shape index (κ2) is 3.88. The van der Waals surface area contributed by atoms with E-state index >= 15 is 0 Å². The quantitative estimate of drug-likeness (QED) is 0.804. The summed E-state index contributed by atoms with van der Waals surface area (Å²) < 4.78 is 0. The molecular weight excluding hydrogens is 226 g/mol. The highest BCUT2D eigenvalue weighted by Gasteiger charge is 2.32. The van der Waals surface area contributed by atoms with Gasteiger partial charge in [0.15, 0.2) is 0 Å². The third kappa shape index (κ3) is 1.56. The van der Waals surface area contributed by atoms with Crippen LogP contribution in [-0.4, -0.2) is 11.0 Å². The molecule has 18 heavy (non-hydrogen) atoms. The van der Waals surface area contributed by atoms with Gasteiger partial charge in [-0.2, -0.15) is 0 Å². The lowest BCUT2D eigenvalue weighted by Crippen LogP contribution is -2.13. The number of carbonyl (C=O) groups is 1. The normalized spacial score (nSPS) is 17.4. The fourth-order valence-corrected chi connectivity index (χ4v) is 2.44. The fourth-order valence-electron chi connectivity index (χ4n) is 2.44. The highest BCUT2D eigenvalue weighted by atomic mass is 16.3. The zero-order valence-electron chi connectivity index (χ0n) is 9.97. The van der Waals surface area contributed by atoms with E-state index in [4.69, 9.17) is 0 Å². The summed E-state index contributed by atoms with van der Waals surface area (Å²) in [5.41, 5.74) is 3.89. The number of benzene rings is 2. The van der Waals surface area contributed by atoms with Crippen LogP contribution in [-0.2, 0) is 4.79 Å². The average Bonchev–Trinajstić information content (AvgIpc) is 2.69. The number of nitrogens with one attached hydrogen (secondary N) is 1. The van der Waals surface area contributed by atoms with Crippen LogP contribution in [0.4, 0.5) is 5.69 Å². The minimum atomic E-state index is -0.277.